The molecule has 4 nitrogen and oxygen atoms in total. The Balaban J connectivity index is 1.96. The molecule has 0 radical (unpaired) electrons. The molecule has 0 aliphatic carbocycles. The third-order valence-corrected chi connectivity index (χ3v) is 4.81. The van der Waals surface area contributed by atoms with Gasteiger partial charge in [0.2, 0.25) is 0 Å². The van der Waals surface area contributed by atoms with Crippen LogP contribution in [0, 0.1) is 0 Å². The number of amides is 1. The van der Waals surface area contributed by atoms with Gasteiger partial charge < -0.3 is 14.2 Å². The zero-order chi connectivity index (χ0) is 19.1. The van der Waals surface area contributed by atoms with E-state index in [0.29, 0.717) is 19.1 Å². The lowest BCUT2D eigenvalue weighted by molar-refractivity contribution is 0.0273. The van der Waals surface area contributed by atoms with Crippen LogP contribution in [0.5, 0.6) is 0 Å². The quantitative estimate of drug-likeness (QED) is 0.655. The Morgan fingerprint density at radius 2 is 2.00 bits per heavy atom. The van der Waals surface area contributed by atoms with Crippen LogP contribution >= 0.6 is 11.6 Å². The summed E-state index contributed by atoms with van der Waals surface area (Å²) in [5.41, 5.74) is 2.85. The zero-order valence-corrected chi connectivity index (χ0v) is 16.9. The topological polar surface area (TPSA) is 34.5 Å². The standard InChI is InChI=1S/C21H27ClN2O2/c1-14(2)24-13-17(16-9-6-10-18(22)19(16)24)15-8-7-11-23(12-15)20(25)26-21(3,4)5/h6,8-10,13-14H,7,11-12H2,1-5H3. The SMILES string of the molecule is CC(C)n1cc(C2=CCCN(C(=O)OC(C)(C)C)C2)c2cccc(Cl)c21. The van der Waals surface area contributed by atoms with E-state index in [1.54, 1.807) is 4.90 Å². The molecule has 140 valence electrons. The molecule has 0 bridgehead atoms. The van der Waals surface area contributed by atoms with Crippen molar-refractivity contribution >= 4 is 34.2 Å². The molecule has 3 rings (SSSR count). The molecule has 26 heavy (non-hydrogen) atoms. The van der Waals surface area contributed by atoms with Gasteiger partial charge in [0.15, 0.2) is 0 Å². The summed E-state index contributed by atoms with van der Waals surface area (Å²) in [6, 6.07) is 6.31. The average Bonchev–Trinajstić information content (AvgIpc) is 2.95. The summed E-state index contributed by atoms with van der Waals surface area (Å²) in [4.78, 5) is 14.3. The highest BCUT2D eigenvalue weighted by molar-refractivity contribution is 6.35. The monoisotopic (exact) mass is 374 g/mol. The number of nitrogens with zero attached hydrogens (tertiary/aromatic N) is 2. The molecular formula is C21H27ClN2O2. The number of hydrogen-bond donors (Lipinski definition) is 0. The first-order valence-corrected chi connectivity index (χ1v) is 9.51. The van der Waals surface area contributed by atoms with Crippen LogP contribution in [-0.2, 0) is 4.74 Å². The molecule has 1 amide bonds. The zero-order valence-electron chi connectivity index (χ0n) is 16.2. The molecule has 0 fully saturated rings. The van der Waals surface area contributed by atoms with Crippen molar-refractivity contribution in [3.63, 3.8) is 0 Å². The number of fused-ring (bicyclic) bond motifs is 1. The van der Waals surface area contributed by atoms with Gasteiger partial charge >= 0.3 is 6.09 Å². The van der Waals surface area contributed by atoms with Gasteiger partial charge in [-0.3, -0.25) is 0 Å². The summed E-state index contributed by atoms with van der Waals surface area (Å²) >= 11 is 6.49. The van der Waals surface area contributed by atoms with E-state index in [4.69, 9.17) is 16.3 Å². The van der Waals surface area contributed by atoms with Crippen molar-refractivity contribution in [2.75, 3.05) is 13.1 Å². The lowest BCUT2D eigenvalue weighted by atomic mass is 10.0. The number of benzene rings is 1. The number of rotatable bonds is 2. The molecule has 0 atom stereocenters. The molecular weight excluding hydrogens is 348 g/mol. The molecule has 1 aliphatic rings. The molecule has 5 heteroatoms. The van der Waals surface area contributed by atoms with Crippen LogP contribution < -0.4 is 0 Å². The predicted octanol–water partition coefficient (Wildman–Crippen LogP) is 5.90. The number of halogens is 1. The van der Waals surface area contributed by atoms with E-state index in [0.717, 1.165) is 33.5 Å². The number of carbonyl (C=O) groups is 1. The molecule has 0 unspecified atom stereocenters. The molecule has 2 heterocycles. The minimum absolute atomic E-state index is 0.256. The van der Waals surface area contributed by atoms with Crippen LogP contribution in [0.15, 0.2) is 30.5 Å². The van der Waals surface area contributed by atoms with Crippen molar-refractivity contribution in [2.45, 2.75) is 52.7 Å². The smallest absolute Gasteiger partial charge is 0.410 e. The molecule has 1 aromatic carbocycles. The first-order chi connectivity index (χ1) is 12.2. The molecule has 0 saturated carbocycles. The minimum atomic E-state index is -0.487. The average molecular weight is 375 g/mol. The Kier molecular flexibility index (Phi) is 5.07. The normalized spacial score (nSPS) is 15.5. The van der Waals surface area contributed by atoms with Crippen LogP contribution in [0.2, 0.25) is 5.02 Å². The van der Waals surface area contributed by atoms with Crippen LogP contribution in [0.4, 0.5) is 4.79 Å². The van der Waals surface area contributed by atoms with E-state index in [-0.39, 0.29) is 6.09 Å². The molecule has 1 aromatic heterocycles. The van der Waals surface area contributed by atoms with Crippen LogP contribution in [0.3, 0.4) is 0 Å². The Morgan fingerprint density at radius 1 is 1.27 bits per heavy atom. The van der Waals surface area contributed by atoms with Crippen LogP contribution in [0.25, 0.3) is 16.5 Å². The fourth-order valence-corrected chi connectivity index (χ4v) is 3.62. The Morgan fingerprint density at radius 3 is 2.65 bits per heavy atom. The van der Waals surface area contributed by atoms with Gasteiger partial charge in [-0.05, 0) is 52.7 Å². The van der Waals surface area contributed by atoms with Crippen molar-refractivity contribution in [3.8, 4) is 0 Å². The predicted molar refractivity (Wildman–Crippen MR) is 108 cm³/mol. The van der Waals surface area contributed by atoms with Crippen molar-refractivity contribution in [1.29, 1.82) is 0 Å². The second-order valence-electron chi connectivity index (χ2n) is 8.10. The Bertz CT molecular complexity index is 859. The van der Waals surface area contributed by atoms with Crippen LogP contribution in [-0.4, -0.2) is 34.3 Å². The van der Waals surface area contributed by atoms with Gasteiger partial charge in [0.25, 0.3) is 0 Å². The number of aromatic nitrogens is 1. The second kappa shape index (κ2) is 6.99. The van der Waals surface area contributed by atoms with E-state index in [1.807, 2.05) is 32.9 Å². The molecule has 2 aromatic rings. The van der Waals surface area contributed by atoms with Gasteiger partial charge in [0.1, 0.15) is 5.60 Å². The van der Waals surface area contributed by atoms with E-state index in [9.17, 15) is 4.79 Å². The van der Waals surface area contributed by atoms with Gasteiger partial charge in [-0.25, -0.2) is 4.79 Å². The minimum Gasteiger partial charge on any atom is -0.444 e. The third kappa shape index (κ3) is 3.75. The first-order valence-electron chi connectivity index (χ1n) is 9.14. The van der Waals surface area contributed by atoms with Gasteiger partial charge in [-0.2, -0.15) is 0 Å². The summed E-state index contributed by atoms with van der Waals surface area (Å²) in [5.74, 6) is 0. The van der Waals surface area contributed by atoms with E-state index < -0.39 is 5.60 Å². The number of para-hydroxylation sites is 1. The molecule has 0 N–H and O–H groups in total. The Labute approximate surface area is 160 Å². The lowest BCUT2D eigenvalue weighted by Gasteiger charge is -2.30. The fraction of sp³-hybridized carbons (Fsp3) is 0.476. The number of hydrogen-bond acceptors (Lipinski definition) is 2. The highest BCUT2D eigenvalue weighted by Gasteiger charge is 2.26. The number of carbonyl (C=O) groups excluding carboxylic acids is 1. The highest BCUT2D eigenvalue weighted by Crippen LogP contribution is 2.35. The largest absolute Gasteiger partial charge is 0.444 e. The second-order valence-corrected chi connectivity index (χ2v) is 8.51. The van der Waals surface area contributed by atoms with Crippen molar-refractivity contribution in [1.82, 2.24) is 9.47 Å². The lowest BCUT2D eigenvalue weighted by Crippen LogP contribution is -2.39. The molecule has 1 aliphatic heterocycles. The summed E-state index contributed by atoms with van der Waals surface area (Å²) in [6.45, 7) is 11.2. The van der Waals surface area contributed by atoms with Crippen molar-refractivity contribution < 1.29 is 9.53 Å². The first kappa shape index (κ1) is 18.8. The van der Waals surface area contributed by atoms with Gasteiger partial charge in [-0.1, -0.05) is 29.8 Å². The third-order valence-electron chi connectivity index (χ3n) is 4.51. The Hall–Kier alpha value is -1.94. The summed E-state index contributed by atoms with van der Waals surface area (Å²) < 4.78 is 7.75. The fourth-order valence-electron chi connectivity index (χ4n) is 3.35. The maximum absolute atomic E-state index is 12.5. The maximum atomic E-state index is 12.5. The van der Waals surface area contributed by atoms with Gasteiger partial charge in [0, 0.05) is 36.3 Å². The molecule has 0 saturated heterocycles. The van der Waals surface area contributed by atoms with Crippen molar-refractivity contribution in [2.24, 2.45) is 0 Å². The highest BCUT2D eigenvalue weighted by atomic mass is 35.5. The summed E-state index contributed by atoms with van der Waals surface area (Å²) in [7, 11) is 0. The summed E-state index contributed by atoms with van der Waals surface area (Å²) in [5, 5.41) is 1.88. The van der Waals surface area contributed by atoms with Crippen molar-refractivity contribution in [3.05, 3.63) is 41.1 Å². The van der Waals surface area contributed by atoms with E-state index in [1.165, 1.54) is 0 Å². The summed E-state index contributed by atoms with van der Waals surface area (Å²) in [6.07, 6.45) is 4.95. The number of ether oxygens (including phenoxy) is 1. The van der Waals surface area contributed by atoms with Gasteiger partial charge in [0.05, 0.1) is 10.5 Å². The maximum Gasteiger partial charge on any atom is 0.410 e. The van der Waals surface area contributed by atoms with E-state index >= 15 is 0 Å². The van der Waals surface area contributed by atoms with E-state index in [2.05, 4.69) is 36.8 Å². The van der Waals surface area contributed by atoms with Gasteiger partial charge in [-0.15, -0.1) is 0 Å². The van der Waals surface area contributed by atoms with Crippen LogP contribution in [0.1, 0.15) is 52.6 Å². The molecule has 0 spiro atoms.